The molecule has 1 atom stereocenters. The third-order valence-electron chi connectivity index (χ3n) is 5.08. The Morgan fingerprint density at radius 3 is 2.79 bits per heavy atom. The molecule has 0 N–H and O–H groups in total. The van der Waals surface area contributed by atoms with E-state index in [-0.39, 0.29) is 6.10 Å². The van der Waals surface area contributed by atoms with Gasteiger partial charge in [-0.25, -0.2) is 0 Å². The second kappa shape index (κ2) is 7.83. The third-order valence-corrected chi connectivity index (χ3v) is 5.08. The van der Waals surface area contributed by atoms with Crippen LogP contribution in [0.1, 0.15) is 18.4 Å². The standard InChI is InChI=1S/C19H28N2O3/c1-2-16(13-20-6-9-22-10-7-20)12-18(3-1)24-15-19-14-21(8-11-23-19)17-4-5-17/h1-3,12,17,19H,4-11,13-15H2. The molecule has 1 aromatic carbocycles. The van der Waals surface area contributed by atoms with E-state index >= 15 is 0 Å². The number of hydrogen-bond acceptors (Lipinski definition) is 5. The minimum absolute atomic E-state index is 0.197. The fourth-order valence-electron chi connectivity index (χ4n) is 3.55. The van der Waals surface area contributed by atoms with Gasteiger partial charge in [-0.2, -0.15) is 0 Å². The molecule has 5 heteroatoms. The van der Waals surface area contributed by atoms with E-state index in [0.717, 1.165) is 64.3 Å². The van der Waals surface area contributed by atoms with Crippen LogP contribution in [0.3, 0.4) is 0 Å². The lowest BCUT2D eigenvalue weighted by Gasteiger charge is -2.32. The van der Waals surface area contributed by atoms with Crippen molar-refractivity contribution >= 4 is 0 Å². The summed E-state index contributed by atoms with van der Waals surface area (Å²) in [5, 5.41) is 0. The van der Waals surface area contributed by atoms with Crippen LogP contribution in [-0.2, 0) is 16.0 Å². The van der Waals surface area contributed by atoms with Crippen molar-refractivity contribution in [3.8, 4) is 5.75 Å². The molecule has 2 saturated heterocycles. The Bertz CT molecular complexity index is 529. The molecular weight excluding hydrogens is 304 g/mol. The van der Waals surface area contributed by atoms with Crippen molar-refractivity contribution < 1.29 is 14.2 Å². The Hall–Kier alpha value is -1.14. The van der Waals surface area contributed by atoms with Crippen LogP contribution in [-0.4, -0.2) is 74.6 Å². The van der Waals surface area contributed by atoms with E-state index < -0.39 is 0 Å². The molecule has 1 aromatic rings. The van der Waals surface area contributed by atoms with Gasteiger partial charge in [-0.1, -0.05) is 12.1 Å². The minimum atomic E-state index is 0.197. The number of nitrogens with zero attached hydrogens (tertiary/aromatic N) is 2. The first-order valence-corrected chi connectivity index (χ1v) is 9.24. The van der Waals surface area contributed by atoms with Crippen LogP contribution in [0.5, 0.6) is 5.75 Å². The summed E-state index contributed by atoms with van der Waals surface area (Å²) >= 11 is 0. The topological polar surface area (TPSA) is 34.2 Å². The van der Waals surface area contributed by atoms with Crippen molar-refractivity contribution in [1.82, 2.24) is 9.80 Å². The highest BCUT2D eigenvalue weighted by atomic mass is 16.5. The second-order valence-corrected chi connectivity index (χ2v) is 7.07. The van der Waals surface area contributed by atoms with Crippen molar-refractivity contribution in [3.63, 3.8) is 0 Å². The van der Waals surface area contributed by atoms with Gasteiger partial charge < -0.3 is 14.2 Å². The van der Waals surface area contributed by atoms with Crippen LogP contribution in [0.4, 0.5) is 0 Å². The normalized spacial score (nSPS) is 26.4. The van der Waals surface area contributed by atoms with Gasteiger partial charge in [0.2, 0.25) is 0 Å². The van der Waals surface area contributed by atoms with Crippen LogP contribution in [0, 0.1) is 0 Å². The zero-order chi connectivity index (χ0) is 16.2. The Morgan fingerprint density at radius 1 is 1.08 bits per heavy atom. The fraction of sp³-hybridized carbons (Fsp3) is 0.684. The molecular formula is C19H28N2O3. The Labute approximate surface area is 144 Å². The number of ether oxygens (including phenoxy) is 3. The number of rotatable bonds is 6. The first-order valence-electron chi connectivity index (χ1n) is 9.24. The predicted octanol–water partition coefficient (Wildman–Crippen LogP) is 1.76. The van der Waals surface area contributed by atoms with Crippen LogP contribution in [0.15, 0.2) is 24.3 Å². The van der Waals surface area contributed by atoms with Gasteiger partial charge in [0.15, 0.2) is 0 Å². The molecule has 132 valence electrons. The second-order valence-electron chi connectivity index (χ2n) is 7.07. The van der Waals surface area contributed by atoms with E-state index in [2.05, 4.69) is 28.0 Å². The van der Waals surface area contributed by atoms with Gasteiger partial charge in [-0.15, -0.1) is 0 Å². The highest BCUT2D eigenvalue weighted by Gasteiger charge is 2.33. The minimum Gasteiger partial charge on any atom is -0.491 e. The smallest absolute Gasteiger partial charge is 0.119 e. The van der Waals surface area contributed by atoms with Crippen LogP contribution < -0.4 is 4.74 Å². The summed E-state index contributed by atoms with van der Waals surface area (Å²) in [5.41, 5.74) is 1.30. The molecule has 2 aliphatic heterocycles. The van der Waals surface area contributed by atoms with Crippen molar-refractivity contribution in [2.24, 2.45) is 0 Å². The quantitative estimate of drug-likeness (QED) is 0.793. The van der Waals surface area contributed by atoms with Crippen molar-refractivity contribution in [2.75, 3.05) is 52.6 Å². The SMILES string of the molecule is c1cc(CN2CCOCC2)cc(OCC2CN(C3CC3)CCO2)c1. The van der Waals surface area contributed by atoms with E-state index in [9.17, 15) is 0 Å². The van der Waals surface area contributed by atoms with Crippen molar-refractivity contribution in [2.45, 2.75) is 31.5 Å². The third kappa shape index (κ3) is 4.48. The highest BCUT2D eigenvalue weighted by molar-refractivity contribution is 5.28. The van der Waals surface area contributed by atoms with Gasteiger partial charge >= 0.3 is 0 Å². The molecule has 1 unspecified atom stereocenters. The van der Waals surface area contributed by atoms with Crippen molar-refractivity contribution in [1.29, 1.82) is 0 Å². The lowest BCUT2D eigenvalue weighted by Crippen LogP contribution is -2.45. The largest absolute Gasteiger partial charge is 0.491 e. The summed E-state index contributed by atoms with van der Waals surface area (Å²) in [5.74, 6) is 0.952. The van der Waals surface area contributed by atoms with Crippen LogP contribution in [0.2, 0.25) is 0 Å². The lowest BCUT2D eigenvalue weighted by atomic mass is 10.2. The van der Waals surface area contributed by atoms with Crippen molar-refractivity contribution in [3.05, 3.63) is 29.8 Å². The summed E-state index contributed by atoms with van der Waals surface area (Å²) < 4.78 is 17.3. The molecule has 4 rings (SSSR count). The number of morpholine rings is 2. The number of benzene rings is 1. The van der Waals surface area contributed by atoms with Gasteiger partial charge in [-0.05, 0) is 30.5 Å². The van der Waals surface area contributed by atoms with Gasteiger partial charge in [0.1, 0.15) is 18.5 Å². The summed E-state index contributed by atoms with van der Waals surface area (Å²) in [4.78, 5) is 4.99. The maximum absolute atomic E-state index is 6.03. The van der Waals surface area contributed by atoms with Gasteiger partial charge in [-0.3, -0.25) is 9.80 Å². The molecule has 1 saturated carbocycles. The molecule has 3 aliphatic rings. The first-order chi connectivity index (χ1) is 11.9. The maximum Gasteiger partial charge on any atom is 0.119 e. The maximum atomic E-state index is 6.03. The van der Waals surface area contributed by atoms with E-state index in [1.54, 1.807) is 0 Å². The summed E-state index contributed by atoms with van der Waals surface area (Å²) in [6.45, 7) is 8.24. The van der Waals surface area contributed by atoms with Crippen LogP contribution in [0.25, 0.3) is 0 Å². The predicted molar refractivity (Wildman–Crippen MR) is 92.4 cm³/mol. The summed E-state index contributed by atoms with van der Waals surface area (Å²) in [6.07, 6.45) is 2.91. The highest BCUT2D eigenvalue weighted by Crippen LogP contribution is 2.28. The number of hydrogen-bond donors (Lipinski definition) is 0. The zero-order valence-corrected chi connectivity index (χ0v) is 14.4. The average Bonchev–Trinajstić information content (AvgIpc) is 3.47. The van der Waals surface area contributed by atoms with Gasteiger partial charge in [0.05, 0.1) is 19.8 Å². The molecule has 0 aromatic heterocycles. The summed E-state index contributed by atoms with van der Waals surface area (Å²) in [7, 11) is 0. The molecule has 2 heterocycles. The van der Waals surface area contributed by atoms with Crippen LogP contribution >= 0.6 is 0 Å². The Morgan fingerprint density at radius 2 is 1.96 bits per heavy atom. The first kappa shape index (κ1) is 16.3. The van der Waals surface area contributed by atoms with E-state index in [1.165, 1.54) is 18.4 Å². The molecule has 24 heavy (non-hydrogen) atoms. The molecule has 0 spiro atoms. The molecule has 5 nitrogen and oxygen atoms in total. The Kier molecular flexibility index (Phi) is 5.33. The lowest BCUT2D eigenvalue weighted by molar-refractivity contribution is -0.0504. The van der Waals surface area contributed by atoms with E-state index in [0.29, 0.717) is 6.61 Å². The monoisotopic (exact) mass is 332 g/mol. The van der Waals surface area contributed by atoms with Gasteiger partial charge in [0.25, 0.3) is 0 Å². The average molecular weight is 332 g/mol. The zero-order valence-electron chi connectivity index (χ0n) is 14.4. The van der Waals surface area contributed by atoms with E-state index in [1.807, 2.05) is 6.07 Å². The van der Waals surface area contributed by atoms with Gasteiger partial charge in [0, 0.05) is 38.8 Å². The molecule has 1 aliphatic carbocycles. The molecule has 0 amide bonds. The Balaban J connectivity index is 1.27. The molecule has 0 radical (unpaired) electrons. The summed E-state index contributed by atoms with van der Waals surface area (Å²) in [6, 6.07) is 9.28. The molecule has 0 bridgehead atoms. The van der Waals surface area contributed by atoms with E-state index in [4.69, 9.17) is 14.2 Å². The fourth-order valence-corrected chi connectivity index (χ4v) is 3.55. The molecule has 3 fully saturated rings.